The normalized spacial score (nSPS) is 15.5. The maximum atomic E-state index is 10.5. The zero-order valence-electron chi connectivity index (χ0n) is 8.70. The Kier molecular flexibility index (Phi) is 3.97. The fourth-order valence-corrected chi connectivity index (χ4v) is 1.93. The molecule has 0 amide bonds. The highest BCUT2D eigenvalue weighted by atomic mass is 35.5. The van der Waals surface area contributed by atoms with Crippen LogP contribution >= 0.6 is 11.6 Å². The predicted octanol–water partition coefficient (Wildman–Crippen LogP) is 3.16. The van der Waals surface area contributed by atoms with E-state index in [4.69, 9.17) is 11.6 Å². The molecule has 0 fully saturated rings. The van der Waals surface area contributed by atoms with Crippen LogP contribution in [0.3, 0.4) is 0 Å². The fourth-order valence-electron chi connectivity index (χ4n) is 1.64. The van der Waals surface area contributed by atoms with Crippen molar-refractivity contribution < 1.29 is 5.11 Å². The van der Waals surface area contributed by atoms with E-state index in [2.05, 4.69) is 0 Å². The number of benzene rings is 1. The van der Waals surface area contributed by atoms with E-state index >= 15 is 0 Å². The lowest BCUT2D eigenvalue weighted by molar-refractivity contribution is -0.0131. The summed E-state index contributed by atoms with van der Waals surface area (Å²) in [4.78, 5) is 0. The molecule has 2 heteroatoms. The molecule has 1 atom stereocenters. The van der Waals surface area contributed by atoms with Gasteiger partial charge in [-0.2, -0.15) is 0 Å². The van der Waals surface area contributed by atoms with Crippen molar-refractivity contribution in [3.05, 3.63) is 35.9 Å². The number of halogens is 1. The molecule has 78 valence electrons. The lowest BCUT2D eigenvalue weighted by atomic mass is 9.81. The summed E-state index contributed by atoms with van der Waals surface area (Å²) in [5, 5.41) is 10.5. The smallest absolute Gasteiger partial charge is 0.0930 e. The van der Waals surface area contributed by atoms with Crippen molar-refractivity contribution in [3.63, 3.8) is 0 Å². The number of rotatable bonds is 4. The van der Waals surface area contributed by atoms with E-state index < -0.39 is 5.60 Å². The van der Waals surface area contributed by atoms with Crippen LogP contribution < -0.4 is 0 Å². The highest BCUT2D eigenvalue weighted by Gasteiger charge is 2.31. The third-order valence-electron chi connectivity index (χ3n) is 2.70. The highest BCUT2D eigenvalue weighted by molar-refractivity contribution is 6.17. The summed E-state index contributed by atoms with van der Waals surface area (Å²) < 4.78 is 0. The molecule has 1 nitrogen and oxygen atoms in total. The zero-order valence-corrected chi connectivity index (χ0v) is 9.46. The van der Waals surface area contributed by atoms with Gasteiger partial charge in [-0.05, 0) is 17.9 Å². The van der Waals surface area contributed by atoms with Gasteiger partial charge in [-0.1, -0.05) is 44.2 Å². The molecule has 0 aliphatic heterocycles. The van der Waals surface area contributed by atoms with Crippen LogP contribution in [0.5, 0.6) is 0 Å². The minimum Gasteiger partial charge on any atom is -0.385 e. The van der Waals surface area contributed by atoms with Gasteiger partial charge in [-0.15, -0.1) is 11.6 Å². The van der Waals surface area contributed by atoms with Crippen molar-refractivity contribution in [1.82, 2.24) is 0 Å². The van der Waals surface area contributed by atoms with Crippen molar-refractivity contribution in [1.29, 1.82) is 0 Å². The first-order valence-electron chi connectivity index (χ1n) is 4.95. The van der Waals surface area contributed by atoms with Crippen molar-refractivity contribution in [2.75, 3.05) is 5.88 Å². The quantitative estimate of drug-likeness (QED) is 0.761. The van der Waals surface area contributed by atoms with Crippen LogP contribution in [-0.2, 0) is 5.60 Å². The summed E-state index contributed by atoms with van der Waals surface area (Å²) in [6, 6.07) is 9.73. The Morgan fingerprint density at radius 3 is 2.29 bits per heavy atom. The molecule has 14 heavy (non-hydrogen) atoms. The van der Waals surface area contributed by atoms with Gasteiger partial charge in [0.2, 0.25) is 0 Å². The Balaban J connectivity index is 2.99. The number of aliphatic hydroxyl groups is 1. The lowest BCUT2D eigenvalue weighted by Gasteiger charge is -2.32. The summed E-state index contributed by atoms with van der Waals surface area (Å²) in [5.74, 6) is 0.646. The Labute approximate surface area is 90.7 Å². The van der Waals surface area contributed by atoms with Crippen LogP contribution in [0.2, 0.25) is 0 Å². The lowest BCUT2D eigenvalue weighted by Crippen LogP contribution is -2.32. The second-order valence-electron chi connectivity index (χ2n) is 3.88. The molecule has 0 radical (unpaired) electrons. The Morgan fingerprint density at radius 1 is 1.29 bits per heavy atom. The van der Waals surface area contributed by atoms with E-state index in [0.29, 0.717) is 12.3 Å². The largest absolute Gasteiger partial charge is 0.385 e. The monoisotopic (exact) mass is 212 g/mol. The summed E-state index contributed by atoms with van der Waals surface area (Å²) in [5.41, 5.74) is 0.166. The van der Waals surface area contributed by atoms with Crippen molar-refractivity contribution in [3.8, 4) is 0 Å². The molecule has 1 aromatic carbocycles. The maximum Gasteiger partial charge on any atom is 0.0930 e. The standard InChI is InChI=1S/C12H17ClO/c1-10(2)12(14,8-9-13)11-6-4-3-5-7-11/h3-7,10,14H,8-9H2,1-2H3. The third-order valence-corrected chi connectivity index (χ3v) is 2.89. The SMILES string of the molecule is CC(C)C(O)(CCCl)c1ccccc1. The molecule has 1 unspecified atom stereocenters. The molecule has 0 spiro atoms. The molecule has 0 saturated carbocycles. The first-order valence-corrected chi connectivity index (χ1v) is 5.48. The van der Waals surface area contributed by atoms with Gasteiger partial charge in [0.15, 0.2) is 0 Å². The summed E-state index contributed by atoms with van der Waals surface area (Å²) in [6.45, 7) is 4.03. The predicted molar refractivity (Wildman–Crippen MR) is 60.5 cm³/mol. The molecular formula is C12H17ClO. The molecular weight excluding hydrogens is 196 g/mol. The average Bonchev–Trinajstić information content (AvgIpc) is 2.19. The Morgan fingerprint density at radius 2 is 1.86 bits per heavy atom. The fraction of sp³-hybridized carbons (Fsp3) is 0.500. The van der Waals surface area contributed by atoms with E-state index in [1.165, 1.54) is 0 Å². The maximum absolute atomic E-state index is 10.5. The van der Waals surface area contributed by atoms with E-state index in [1.807, 2.05) is 44.2 Å². The summed E-state index contributed by atoms with van der Waals surface area (Å²) in [7, 11) is 0. The van der Waals surface area contributed by atoms with Crippen LogP contribution in [0.4, 0.5) is 0 Å². The van der Waals surface area contributed by atoms with Crippen LogP contribution in [0.1, 0.15) is 25.8 Å². The molecule has 1 N–H and O–H groups in total. The van der Waals surface area contributed by atoms with Gasteiger partial charge in [0.25, 0.3) is 0 Å². The third kappa shape index (κ3) is 2.28. The van der Waals surface area contributed by atoms with Crippen LogP contribution in [0, 0.1) is 5.92 Å². The van der Waals surface area contributed by atoms with Gasteiger partial charge in [0.05, 0.1) is 5.60 Å². The summed E-state index contributed by atoms with van der Waals surface area (Å²) >= 11 is 5.72. The van der Waals surface area contributed by atoms with Gasteiger partial charge >= 0.3 is 0 Å². The van der Waals surface area contributed by atoms with Crippen molar-refractivity contribution >= 4 is 11.6 Å². The number of alkyl halides is 1. The highest BCUT2D eigenvalue weighted by Crippen LogP contribution is 2.32. The van der Waals surface area contributed by atoms with Crippen LogP contribution in [-0.4, -0.2) is 11.0 Å². The Hall–Kier alpha value is -0.530. The van der Waals surface area contributed by atoms with Gasteiger partial charge in [-0.25, -0.2) is 0 Å². The van der Waals surface area contributed by atoms with Crippen LogP contribution in [0.25, 0.3) is 0 Å². The number of hydrogen-bond donors (Lipinski definition) is 1. The average molecular weight is 213 g/mol. The summed E-state index contributed by atoms with van der Waals surface area (Å²) in [6.07, 6.45) is 0.593. The van der Waals surface area contributed by atoms with Crippen LogP contribution in [0.15, 0.2) is 30.3 Å². The molecule has 0 heterocycles. The second kappa shape index (κ2) is 4.81. The molecule has 1 aromatic rings. The molecule has 0 saturated heterocycles. The van der Waals surface area contributed by atoms with Gasteiger partial charge < -0.3 is 5.11 Å². The van der Waals surface area contributed by atoms with Crippen molar-refractivity contribution in [2.45, 2.75) is 25.9 Å². The van der Waals surface area contributed by atoms with E-state index in [9.17, 15) is 5.11 Å². The molecule has 0 aliphatic rings. The molecule has 0 bridgehead atoms. The zero-order chi connectivity index (χ0) is 10.6. The molecule has 1 rings (SSSR count). The van der Waals surface area contributed by atoms with Gasteiger partial charge in [-0.3, -0.25) is 0 Å². The Bertz CT molecular complexity index is 271. The first-order chi connectivity index (χ1) is 6.61. The minimum absolute atomic E-state index is 0.170. The van der Waals surface area contributed by atoms with E-state index in [1.54, 1.807) is 0 Å². The van der Waals surface area contributed by atoms with E-state index in [0.717, 1.165) is 5.56 Å². The number of hydrogen-bond acceptors (Lipinski definition) is 1. The minimum atomic E-state index is -0.789. The molecule has 0 aromatic heterocycles. The first kappa shape index (κ1) is 11.5. The van der Waals surface area contributed by atoms with Gasteiger partial charge in [0.1, 0.15) is 0 Å². The molecule has 0 aliphatic carbocycles. The van der Waals surface area contributed by atoms with E-state index in [-0.39, 0.29) is 5.92 Å². The topological polar surface area (TPSA) is 20.2 Å². The van der Waals surface area contributed by atoms with Gasteiger partial charge in [0, 0.05) is 5.88 Å². The van der Waals surface area contributed by atoms with Crippen molar-refractivity contribution in [2.24, 2.45) is 5.92 Å². The second-order valence-corrected chi connectivity index (χ2v) is 4.26.